The molecule has 0 spiro atoms. The predicted octanol–water partition coefficient (Wildman–Crippen LogP) is 5.68. The van der Waals surface area contributed by atoms with Crippen molar-refractivity contribution in [3.05, 3.63) is 124 Å². The molecule has 4 aromatic rings. The molecule has 1 aliphatic heterocycles. The van der Waals surface area contributed by atoms with Gasteiger partial charge in [0.2, 0.25) is 5.91 Å². The fourth-order valence-electron chi connectivity index (χ4n) is 5.03. The highest BCUT2D eigenvalue weighted by atomic mass is 16.6. The molecular weight excluding hydrogens is 480 g/mol. The van der Waals surface area contributed by atoms with Crippen molar-refractivity contribution in [2.45, 2.75) is 32.9 Å². The number of nitrogens with zero attached hydrogens (tertiary/aromatic N) is 4. The monoisotopic (exact) mass is 508 g/mol. The SMILES string of the molecule is Cc1ccc(C(=O)N(CC(=O)N2c3ccccc3-n3cccc3C2c2ccccc2)C(C)C)cc1[N+](=O)[O-]. The summed E-state index contributed by atoms with van der Waals surface area (Å²) in [5, 5.41) is 11.5. The van der Waals surface area contributed by atoms with Crippen LogP contribution in [0, 0.1) is 17.0 Å². The van der Waals surface area contributed by atoms with Gasteiger partial charge in [-0.2, -0.15) is 0 Å². The van der Waals surface area contributed by atoms with Gasteiger partial charge in [-0.1, -0.05) is 48.5 Å². The lowest BCUT2D eigenvalue weighted by atomic mass is 9.97. The topological polar surface area (TPSA) is 88.7 Å². The third-order valence-electron chi connectivity index (χ3n) is 6.95. The molecule has 0 radical (unpaired) electrons. The van der Waals surface area contributed by atoms with Crippen LogP contribution in [-0.2, 0) is 4.79 Å². The number of carbonyl (C=O) groups excluding carboxylic acids is 2. The van der Waals surface area contributed by atoms with Crippen LogP contribution in [0.15, 0.2) is 91.1 Å². The minimum atomic E-state index is -0.499. The Morgan fingerprint density at radius 2 is 1.63 bits per heavy atom. The molecular formula is C30H28N4O4. The fourth-order valence-corrected chi connectivity index (χ4v) is 5.03. The lowest BCUT2D eigenvalue weighted by Crippen LogP contribution is -2.48. The van der Waals surface area contributed by atoms with Gasteiger partial charge < -0.3 is 9.47 Å². The second-order valence-corrected chi connectivity index (χ2v) is 9.65. The molecule has 8 nitrogen and oxygen atoms in total. The molecule has 0 fully saturated rings. The number of para-hydroxylation sites is 2. The normalized spacial score (nSPS) is 14.1. The molecule has 5 rings (SSSR count). The van der Waals surface area contributed by atoms with Crippen LogP contribution in [0.25, 0.3) is 5.69 Å². The van der Waals surface area contributed by atoms with Crippen LogP contribution in [-0.4, -0.2) is 38.8 Å². The van der Waals surface area contributed by atoms with E-state index in [1.54, 1.807) is 24.0 Å². The molecule has 1 aromatic heterocycles. The van der Waals surface area contributed by atoms with Crippen LogP contribution in [0.4, 0.5) is 11.4 Å². The predicted molar refractivity (Wildman–Crippen MR) is 146 cm³/mol. The average molecular weight is 509 g/mol. The van der Waals surface area contributed by atoms with E-state index in [-0.39, 0.29) is 29.7 Å². The third kappa shape index (κ3) is 4.34. The van der Waals surface area contributed by atoms with Crippen molar-refractivity contribution in [3.8, 4) is 5.69 Å². The maximum Gasteiger partial charge on any atom is 0.273 e. The van der Waals surface area contributed by atoms with Gasteiger partial charge >= 0.3 is 0 Å². The summed E-state index contributed by atoms with van der Waals surface area (Å²) < 4.78 is 2.09. The second kappa shape index (κ2) is 9.97. The Balaban J connectivity index is 1.55. The molecule has 0 bridgehead atoms. The number of aryl methyl sites for hydroxylation is 1. The molecule has 1 unspecified atom stereocenters. The van der Waals surface area contributed by atoms with Crippen molar-refractivity contribution < 1.29 is 14.5 Å². The van der Waals surface area contributed by atoms with Crippen LogP contribution in [0.3, 0.4) is 0 Å². The maximum absolute atomic E-state index is 14.2. The van der Waals surface area contributed by atoms with E-state index in [1.165, 1.54) is 11.0 Å². The van der Waals surface area contributed by atoms with Gasteiger partial charge in [-0.15, -0.1) is 0 Å². The van der Waals surface area contributed by atoms with E-state index in [9.17, 15) is 19.7 Å². The van der Waals surface area contributed by atoms with Gasteiger partial charge in [0, 0.05) is 29.4 Å². The van der Waals surface area contributed by atoms with E-state index < -0.39 is 16.9 Å². The van der Waals surface area contributed by atoms with Crippen molar-refractivity contribution in [1.82, 2.24) is 9.47 Å². The second-order valence-electron chi connectivity index (χ2n) is 9.65. The van der Waals surface area contributed by atoms with Gasteiger partial charge in [0.1, 0.15) is 12.6 Å². The Morgan fingerprint density at radius 1 is 0.947 bits per heavy atom. The zero-order chi connectivity index (χ0) is 27.0. The minimum absolute atomic E-state index is 0.124. The van der Waals surface area contributed by atoms with E-state index in [0.717, 1.165) is 22.6 Å². The van der Waals surface area contributed by atoms with Crippen LogP contribution in [0.1, 0.15) is 47.1 Å². The van der Waals surface area contributed by atoms with Gasteiger partial charge in [-0.3, -0.25) is 24.6 Å². The Labute approximate surface area is 220 Å². The Morgan fingerprint density at radius 3 is 2.32 bits per heavy atom. The first-order valence-corrected chi connectivity index (χ1v) is 12.5. The first kappa shape index (κ1) is 25.0. The smallest absolute Gasteiger partial charge is 0.273 e. The molecule has 1 aliphatic rings. The molecule has 8 heteroatoms. The van der Waals surface area contributed by atoms with Crippen LogP contribution >= 0.6 is 0 Å². The molecule has 0 saturated carbocycles. The summed E-state index contributed by atoms with van der Waals surface area (Å²) in [6.07, 6.45) is 1.99. The van der Waals surface area contributed by atoms with Gasteiger partial charge in [-0.05, 0) is 56.7 Å². The van der Waals surface area contributed by atoms with Crippen LogP contribution in [0.2, 0.25) is 0 Å². The number of carbonyl (C=O) groups is 2. The van der Waals surface area contributed by atoms with Crippen LogP contribution < -0.4 is 4.90 Å². The lowest BCUT2D eigenvalue weighted by molar-refractivity contribution is -0.385. The zero-order valence-corrected chi connectivity index (χ0v) is 21.4. The lowest BCUT2D eigenvalue weighted by Gasteiger charge is -2.40. The summed E-state index contributed by atoms with van der Waals surface area (Å²) in [5.74, 6) is -0.677. The number of anilines is 1. The summed E-state index contributed by atoms with van der Waals surface area (Å²) in [6, 6.07) is 25.2. The molecule has 2 heterocycles. The number of fused-ring (bicyclic) bond motifs is 3. The number of aromatic nitrogens is 1. The number of amides is 2. The molecule has 3 aromatic carbocycles. The number of benzene rings is 3. The highest BCUT2D eigenvalue weighted by molar-refractivity contribution is 6.03. The van der Waals surface area contributed by atoms with Crippen molar-refractivity contribution in [2.75, 3.05) is 11.4 Å². The Bertz CT molecular complexity index is 1530. The third-order valence-corrected chi connectivity index (χ3v) is 6.95. The van der Waals surface area contributed by atoms with E-state index in [4.69, 9.17) is 0 Å². The van der Waals surface area contributed by atoms with E-state index >= 15 is 0 Å². The Kier molecular flexibility index (Phi) is 6.55. The highest BCUT2D eigenvalue weighted by Crippen LogP contribution is 2.42. The number of nitro groups is 1. The fraction of sp³-hybridized carbons (Fsp3) is 0.200. The van der Waals surface area contributed by atoms with E-state index in [0.29, 0.717) is 5.56 Å². The molecule has 192 valence electrons. The summed E-state index contributed by atoms with van der Waals surface area (Å²) >= 11 is 0. The van der Waals surface area contributed by atoms with Gasteiger partial charge in [0.15, 0.2) is 0 Å². The maximum atomic E-state index is 14.2. The number of rotatable bonds is 6. The Hall–Kier alpha value is -4.72. The summed E-state index contributed by atoms with van der Waals surface area (Å²) in [4.78, 5) is 41.9. The van der Waals surface area contributed by atoms with Gasteiger partial charge in [0.25, 0.3) is 11.6 Å². The van der Waals surface area contributed by atoms with Crippen molar-refractivity contribution in [2.24, 2.45) is 0 Å². The summed E-state index contributed by atoms with van der Waals surface area (Å²) in [6.45, 7) is 5.11. The first-order chi connectivity index (χ1) is 18.3. The zero-order valence-electron chi connectivity index (χ0n) is 21.4. The quantitative estimate of drug-likeness (QED) is 0.248. The van der Waals surface area contributed by atoms with Crippen molar-refractivity contribution >= 4 is 23.2 Å². The highest BCUT2D eigenvalue weighted by Gasteiger charge is 2.37. The molecule has 38 heavy (non-hydrogen) atoms. The van der Waals surface area contributed by atoms with Gasteiger partial charge in [0.05, 0.1) is 22.0 Å². The summed E-state index contributed by atoms with van der Waals surface area (Å²) in [7, 11) is 0. The first-order valence-electron chi connectivity index (χ1n) is 12.5. The number of hydrogen-bond acceptors (Lipinski definition) is 4. The average Bonchev–Trinajstić information content (AvgIpc) is 3.41. The summed E-state index contributed by atoms with van der Waals surface area (Å²) in [5.41, 5.74) is 4.04. The standard InChI is InChI=1S/C30H28N4O4/c1-20(2)32(30(36)23-16-15-21(3)27(18-23)34(37)38)19-28(35)33-25-13-8-7-12-24(25)31-17-9-14-26(31)29(33)22-10-5-4-6-11-22/h4-18,20,29H,19H2,1-3H3. The molecule has 2 amide bonds. The largest absolute Gasteiger partial charge is 0.327 e. The van der Waals surface area contributed by atoms with Gasteiger partial charge in [-0.25, -0.2) is 0 Å². The van der Waals surface area contributed by atoms with Crippen molar-refractivity contribution in [3.63, 3.8) is 0 Å². The van der Waals surface area contributed by atoms with E-state index in [2.05, 4.69) is 4.57 Å². The molecule has 0 N–H and O–H groups in total. The number of nitro benzene ring substituents is 1. The molecule has 0 saturated heterocycles. The van der Waals surface area contributed by atoms with E-state index in [1.807, 2.05) is 86.8 Å². The molecule has 0 aliphatic carbocycles. The molecule has 1 atom stereocenters. The number of hydrogen-bond donors (Lipinski definition) is 0. The van der Waals surface area contributed by atoms with Crippen LogP contribution in [0.5, 0.6) is 0 Å². The van der Waals surface area contributed by atoms with Crippen molar-refractivity contribution in [1.29, 1.82) is 0 Å². The minimum Gasteiger partial charge on any atom is -0.327 e.